The zero-order valence-corrected chi connectivity index (χ0v) is 20.4. The van der Waals surface area contributed by atoms with E-state index in [0.29, 0.717) is 19.0 Å². The van der Waals surface area contributed by atoms with Gasteiger partial charge < -0.3 is 19.9 Å². The van der Waals surface area contributed by atoms with Crippen LogP contribution in [-0.4, -0.2) is 55.2 Å². The molecular formula is C27H36ClN3O2. The van der Waals surface area contributed by atoms with Crippen molar-refractivity contribution >= 4 is 17.6 Å². The van der Waals surface area contributed by atoms with Crippen molar-refractivity contribution in [3.63, 3.8) is 0 Å². The second kappa shape index (κ2) is 11.8. The Morgan fingerprint density at radius 1 is 1.09 bits per heavy atom. The Morgan fingerprint density at radius 2 is 1.88 bits per heavy atom. The van der Waals surface area contributed by atoms with Gasteiger partial charge in [-0.3, -0.25) is 0 Å². The first-order chi connectivity index (χ1) is 16.1. The number of carbonyl (C=O) groups is 1. The average Bonchev–Trinajstić information content (AvgIpc) is 3.05. The summed E-state index contributed by atoms with van der Waals surface area (Å²) in [6.45, 7) is 8.14. The Labute approximate surface area is 203 Å². The van der Waals surface area contributed by atoms with Crippen molar-refractivity contribution in [1.29, 1.82) is 0 Å². The molecule has 2 heterocycles. The van der Waals surface area contributed by atoms with E-state index in [2.05, 4.69) is 40.5 Å². The first-order valence-corrected chi connectivity index (χ1v) is 12.8. The van der Waals surface area contributed by atoms with Gasteiger partial charge in [-0.15, -0.1) is 0 Å². The van der Waals surface area contributed by atoms with E-state index in [4.69, 9.17) is 16.3 Å². The van der Waals surface area contributed by atoms with E-state index < -0.39 is 0 Å². The second-order valence-corrected chi connectivity index (χ2v) is 9.60. The SMILES string of the molecule is CCNC(=O)N1CCCc2ccc(OCCCN3CCC(c4ccc(Cl)cc4)CC3)cc2C1. The van der Waals surface area contributed by atoms with Gasteiger partial charge in [0.1, 0.15) is 5.75 Å². The fourth-order valence-corrected chi connectivity index (χ4v) is 5.09. The quantitative estimate of drug-likeness (QED) is 0.547. The number of likely N-dealkylation sites (tertiary alicyclic amines) is 1. The Hall–Kier alpha value is -2.24. The van der Waals surface area contributed by atoms with Crippen LogP contribution in [0.4, 0.5) is 4.79 Å². The number of aryl methyl sites for hydroxylation is 1. The van der Waals surface area contributed by atoms with Crippen LogP contribution in [0.25, 0.3) is 0 Å². The number of amides is 2. The molecule has 2 amide bonds. The third kappa shape index (κ3) is 6.64. The summed E-state index contributed by atoms with van der Waals surface area (Å²) in [4.78, 5) is 16.8. The lowest BCUT2D eigenvalue weighted by atomic mass is 9.89. The summed E-state index contributed by atoms with van der Waals surface area (Å²) in [5.74, 6) is 1.56. The number of halogens is 1. The van der Waals surface area contributed by atoms with Crippen molar-refractivity contribution in [2.45, 2.75) is 51.5 Å². The van der Waals surface area contributed by atoms with Crippen LogP contribution in [0.3, 0.4) is 0 Å². The van der Waals surface area contributed by atoms with Crippen molar-refractivity contribution in [2.75, 3.05) is 39.3 Å². The third-order valence-corrected chi connectivity index (χ3v) is 7.10. The van der Waals surface area contributed by atoms with Gasteiger partial charge in [0.25, 0.3) is 0 Å². The van der Waals surface area contributed by atoms with Gasteiger partial charge in [0, 0.05) is 31.2 Å². The largest absolute Gasteiger partial charge is 0.494 e. The molecule has 0 bridgehead atoms. The van der Waals surface area contributed by atoms with E-state index in [1.54, 1.807) is 0 Å². The van der Waals surface area contributed by atoms with Gasteiger partial charge in [-0.25, -0.2) is 4.79 Å². The Morgan fingerprint density at radius 3 is 2.64 bits per heavy atom. The lowest BCUT2D eigenvalue weighted by Gasteiger charge is -2.32. The fourth-order valence-electron chi connectivity index (χ4n) is 4.97. The molecule has 1 saturated heterocycles. The summed E-state index contributed by atoms with van der Waals surface area (Å²) in [6, 6.07) is 14.8. The summed E-state index contributed by atoms with van der Waals surface area (Å²) in [7, 11) is 0. The molecule has 1 fully saturated rings. The van der Waals surface area contributed by atoms with Crippen LogP contribution in [0.5, 0.6) is 5.75 Å². The smallest absolute Gasteiger partial charge is 0.317 e. The molecule has 2 aliphatic heterocycles. The Bertz CT molecular complexity index is 910. The van der Waals surface area contributed by atoms with Crippen LogP contribution in [0, 0.1) is 0 Å². The Kier molecular flexibility index (Phi) is 8.51. The maximum absolute atomic E-state index is 12.3. The zero-order chi connectivity index (χ0) is 23.0. The minimum Gasteiger partial charge on any atom is -0.494 e. The highest BCUT2D eigenvalue weighted by Crippen LogP contribution is 2.29. The number of hydrogen-bond donors (Lipinski definition) is 1. The summed E-state index contributed by atoms with van der Waals surface area (Å²) < 4.78 is 6.09. The second-order valence-electron chi connectivity index (χ2n) is 9.16. The standard InChI is InChI=1S/C27H36ClN3O2/c1-2-29-27(32)31-15-3-5-21-8-11-26(19-24(21)20-31)33-18-4-14-30-16-12-23(13-17-30)22-6-9-25(28)10-7-22/h6-11,19,23H,2-5,12-18,20H2,1H3,(H,29,32). The number of hydrogen-bond acceptors (Lipinski definition) is 3. The molecule has 0 spiro atoms. The molecule has 5 nitrogen and oxygen atoms in total. The van der Waals surface area contributed by atoms with Crippen molar-refractivity contribution in [1.82, 2.24) is 15.1 Å². The van der Waals surface area contributed by atoms with E-state index in [1.165, 1.54) is 29.5 Å². The first kappa shape index (κ1) is 23.9. The molecule has 2 aromatic carbocycles. The van der Waals surface area contributed by atoms with Gasteiger partial charge in [0.2, 0.25) is 0 Å². The van der Waals surface area contributed by atoms with Gasteiger partial charge in [-0.1, -0.05) is 29.8 Å². The van der Waals surface area contributed by atoms with Crippen LogP contribution in [0.15, 0.2) is 42.5 Å². The molecule has 6 heteroatoms. The highest BCUT2D eigenvalue weighted by atomic mass is 35.5. The fraction of sp³-hybridized carbons (Fsp3) is 0.519. The molecular weight excluding hydrogens is 434 g/mol. The molecule has 0 unspecified atom stereocenters. The van der Waals surface area contributed by atoms with E-state index in [0.717, 1.165) is 62.8 Å². The minimum absolute atomic E-state index is 0.0245. The average molecular weight is 470 g/mol. The normalized spacial score (nSPS) is 17.3. The number of carbonyl (C=O) groups excluding carboxylic acids is 1. The van der Waals surface area contributed by atoms with Crippen LogP contribution in [0.1, 0.15) is 55.2 Å². The zero-order valence-electron chi connectivity index (χ0n) is 19.7. The molecule has 1 N–H and O–H groups in total. The number of rotatable bonds is 7. The van der Waals surface area contributed by atoms with Gasteiger partial charge in [0.15, 0.2) is 0 Å². The van der Waals surface area contributed by atoms with Gasteiger partial charge in [-0.05, 0) is 99.0 Å². The molecule has 33 heavy (non-hydrogen) atoms. The van der Waals surface area contributed by atoms with Gasteiger partial charge >= 0.3 is 6.03 Å². The van der Waals surface area contributed by atoms with Crippen molar-refractivity contribution in [3.8, 4) is 5.75 Å². The molecule has 0 saturated carbocycles. The van der Waals surface area contributed by atoms with Crippen LogP contribution < -0.4 is 10.1 Å². The molecule has 0 atom stereocenters. The number of urea groups is 1. The first-order valence-electron chi connectivity index (χ1n) is 12.4. The lowest BCUT2D eigenvalue weighted by molar-refractivity contribution is 0.192. The number of ether oxygens (including phenoxy) is 1. The predicted molar refractivity (Wildman–Crippen MR) is 134 cm³/mol. The van der Waals surface area contributed by atoms with Crippen molar-refractivity contribution in [3.05, 3.63) is 64.2 Å². The maximum atomic E-state index is 12.3. The molecule has 0 aromatic heterocycles. The highest BCUT2D eigenvalue weighted by Gasteiger charge is 2.21. The molecule has 178 valence electrons. The van der Waals surface area contributed by atoms with E-state index in [1.807, 2.05) is 24.0 Å². The lowest BCUT2D eigenvalue weighted by Crippen LogP contribution is -2.39. The van der Waals surface area contributed by atoms with Crippen LogP contribution >= 0.6 is 11.6 Å². The van der Waals surface area contributed by atoms with Crippen molar-refractivity contribution < 1.29 is 9.53 Å². The van der Waals surface area contributed by atoms with Crippen molar-refractivity contribution in [2.24, 2.45) is 0 Å². The third-order valence-electron chi connectivity index (χ3n) is 6.84. The minimum atomic E-state index is 0.0245. The Balaban J connectivity index is 1.20. The van der Waals surface area contributed by atoms with E-state index in [9.17, 15) is 4.79 Å². The topological polar surface area (TPSA) is 44.8 Å². The summed E-state index contributed by atoms with van der Waals surface area (Å²) >= 11 is 6.02. The monoisotopic (exact) mass is 469 g/mol. The summed E-state index contributed by atoms with van der Waals surface area (Å²) in [6.07, 6.45) is 5.44. The molecule has 4 rings (SSSR count). The summed E-state index contributed by atoms with van der Waals surface area (Å²) in [5, 5.41) is 3.73. The van der Waals surface area contributed by atoms with E-state index in [-0.39, 0.29) is 6.03 Å². The molecule has 0 radical (unpaired) electrons. The summed E-state index contributed by atoms with van der Waals surface area (Å²) in [5.41, 5.74) is 3.95. The number of fused-ring (bicyclic) bond motifs is 1. The molecule has 0 aliphatic carbocycles. The molecule has 2 aliphatic rings. The predicted octanol–water partition coefficient (Wildman–Crippen LogP) is 5.47. The van der Waals surface area contributed by atoms with Crippen LogP contribution in [-0.2, 0) is 13.0 Å². The number of nitrogens with one attached hydrogen (secondary N) is 1. The number of nitrogens with zero attached hydrogens (tertiary/aromatic N) is 2. The highest BCUT2D eigenvalue weighted by molar-refractivity contribution is 6.30. The maximum Gasteiger partial charge on any atom is 0.317 e. The van der Waals surface area contributed by atoms with E-state index >= 15 is 0 Å². The van der Waals surface area contributed by atoms with Crippen LogP contribution in [0.2, 0.25) is 5.02 Å². The molecule has 2 aromatic rings. The number of piperidine rings is 1. The van der Waals surface area contributed by atoms with Gasteiger partial charge in [0.05, 0.1) is 6.61 Å². The number of benzene rings is 2. The van der Waals surface area contributed by atoms with Gasteiger partial charge in [-0.2, -0.15) is 0 Å².